The van der Waals surface area contributed by atoms with Crippen LogP contribution >= 0.6 is 11.6 Å². The maximum absolute atomic E-state index is 12.5. The fourth-order valence-electron chi connectivity index (χ4n) is 2.27. The number of rotatable bonds is 3. The van der Waals surface area contributed by atoms with Crippen molar-refractivity contribution < 1.29 is 10.0 Å². The summed E-state index contributed by atoms with van der Waals surface area (Å²) in [4.78, 5) is 28.0. The highest BCUT2D eigenvalue weighted by atomic mass is 35.5. The number of benzene rings is 2. The first kappa shape index (κ1) is 15.2. The van der Waals surface area contributed by atoms with Crippen LogP contribution < -0.4 is 11.0 Å². The van der Waals surface area contributed by atoms with Crippen molar-refractivity contribution in [2.24, 2.45) is 0 Å². The Hall–Kier alpha value is -2.70. The second-order valence-corrected chi connectivity index (χ2v) is 5.41. The van der Waals surface area contributed by atoms with E-state index in [0.29, 0.717) is 28.0 Å². The molecule has 0 aliphatic carbocycles. The van der Waals surface area contributed by atoms with E-state index >= 15 is 0 Å². The largest absolute Gasteiger partial charge is 0.294 e. The molecule has 1 amide bonds. The van der Waals surface area contributed by atoms with Crippen LogP contribution in [0.5, 0.6) is 0 Å². The van der Waals surface area contributed by atoms with Gasteiger partial charge in [-0.3, -0.25) is 19.4 Å². The van der Waals surface area contributed by atoms with Crippen LogP contribution in [0.2, 0.25) is 5.02 Å². The number of carbonyl (C=O) groups excluding carboxylic acids is 1. The lowest BCUT2D eigenvalue weighted by Gasteiger charge is -2.07. The molecule has 0 saturated carbocycles. The molecule has 1 heterocycles. The maximum Gasteiger partial charge on any atom is 0.274 e. The Balaban J connectivity index is 1.94. The van der Waals surface area contributed by atoms with Crippen molar-refractivity contribution in [3.8, 4) is 0 Å². The van der Waals surface area contributed by atoms with E-state index in [0.717, 1.165) is 5.56 Å². The van der Waals surface area contributed by atoms with Gasteiger partial charge in [0.1, 0.15) is 0 Å². The summed E-state index contributed by atoms with van der Waals surface area (Å²) in [5.74, 6) is -0.587. The third-order valence-electron chi connectivity index (χ3n) is 3.46. The molecule has 23 heavy (non-hydrogen) atoms. The number of hydroxylamine groups is 1. The highest BCUT2D eigenvalue weighted by molar-refractivity contribution is 6.31. The number of nitrogens with one attached hydrogen (secondary N) is 1. The molecule has 3 aromatic rings. The van der Waals surface area contributed by atoms with Crippen molar-refractivity contribution in [3.63, 3.8) is 0 Å². The number of nitrogens with zero attached hydrogens (tertiary/aromatic N) is 2. The Morgan fingerprint density at radius 2 is 1.96 bits per heavy atom. The van der Waals surface area contributed by atoms with Crippen molar-refractivity contribution in [3.05, 3.63) is 75.3 Å². The van der Waals surface area contributed by atoms with Crippen LogP contribution in [0.25, 0.3) is 10.9 Å². The molecular formula is C16H12ClN3O3. The molecule has 0 aliphatic heterocycles. The van der Waals surface area contributed by atoms with Gasteiger partial charge < -0.3 is 0 Å². The van der Waals surface area contributed by atoms with Crippen molar-refractivity contribution >= 4 is 28.4 Å². The van der Waals surface area contributed by atoms with Crippen LogP contribution in [0.4, 0.5) is 0 Å². The molecule has 3 rings (SSSR count). The molecule has 1 aromatic heterocycles. The summed E-state index contributed by atoms with van der Waals surface area (Å²) in [6.45, 7) is 0.315. The molecule has 0 fully saturated rings. The number of carbonyl (C=O) groups is 1. The van der Waals surface area contributed by atoms with E-state index in [1.807, 2.05) is 0 Å². The Kier molecular flexibility index (Phi) is 4.10. The van der Waals surface area contributed by atoms with Crippen LogP contribution in [0.15, 0.2) is 53.6 Å². The Labute approximate surface area is 135 Å². The maximum atomic E-state index is 12.5. The van der Waals surface area contributed by atoms with Crippen molar-refractivity contribution in [1.82, 2.24) is 15.0 Å². The molecule has 0 radical (unpaired) electrons. The van der Waals surface area contributed by atoms with Gasteiger partial charge in [0.2, 0.25) is 0 Å². The van der Waals surface area contributed by atoms with Crippen LogP contribution in [0.1, 0.15) is 15.9 Å². The predicted octanol–water partition coefficient (Wildman–Crippen LogP) is 2.22. The average Bonchev–Trinajstić information content (AvgIpc) is 2.58. The molecule has 0 atom stereocenters. The van der Waals surface area contributed by atoms with Crippen molar-refractivity contribution in [2.75, 3.05) is 0 Å². The highest BCUT2D eigenvalue weighted by Crippen LogP contribution is 2.14. The molecule has 0 bridgehead atoms. The number of aromatic nitrogens is 2. The number of hydrogen-bond acceptors (Lipinski definition) is 4. The summed E-state index contributed by atoms with van der Waals surface area (Å²) in [7, 11) is 0. The van der Waals surface area contributed by atoms with Gasteiger partial charge in [0.05, 0.1) is 23.8 Å². The van der Waals surface area contributed by atoms with Gasteiger partial charge in [-0.1, -0.05) is 23.7 Å². The standard InChI is InChI=1S/C16H12ClN3O3/c17-12-5-6-14-13(7-12)16(22)20(9-18-14)8-10-1-3-11(4-2-10)15(21)19-23/h1-7,9,23H,8H2,(H,19,21). The normalized spacial score (nSPS) is 10.7. The van der Waals surface area contributed by atoms with Gasteiger partial charge in [0.25, 0.3) is 11.5 Å². The van der Waals surface area contributed by atoms with Crippen LogP contribution in [0.3, 0.4) is 0 Å². The summed E-state index contributed by atoms with van der Waals surface area (Å²) in [6, 6.07) is 11.5. The monoisotopic (exact) mass is 329 g/mol. The molecule has 2 aromatic carbocycles. The molecule has 0 aliphatic rings. The van der Waals surface area contributed by atoms with E-state index in [1.165, 1.54) is 10.9 Å². The van der Waals surface area contributed by atoms with E-state index < -0.39 is 5.91 Å². The van der Waals surface area contributed by atoms with Crippen LogP contribution in [-0.2, 0) is 6.54 Å². The Morgan fingerprint density at radius 3 is 2.65 bits per heavy atom. The number of hydrogen-bond donors (Lipinski definition) is 2. The quantitative estimate of drug-likeness (QED) is 0.570. The first-order chi connectivity index (χ1) is 11.1. The zero-order chi connectivity index (χ0) is 16.4. The minimum Gasteiger partial charge on any atom is -0.294 e. The van der Waals surface area contributed by atoms with Gasteiger partial charge >= 0.3 is 0 Å². The van der Waals surface area contributed by atoms with Gasteiger partial charge in [0.15, 0.2) is 0 Å². The molecule has 116 valence electrons. The SMILES string of the molecule is O=C(NO)c1ccc(Cn2cnc3ccc(Cl)cc3c2=O)cc1. The lowest BCUT2D eigenvalue weighted by atomic mass is 10.1. The second kappa shape index (κ2) is 6.20. The minimum absolute atomic E-state index is 0.185. The van der Waals surface area contributed by atoms with Gasteiger partial charge in [-0.05, 0) is 35.9 Å². The molecule has 0 spiro atoms. The fraction of sp³-hybridized carbons (Fsp3) is 0.0625. The predicted molar refractivity (Wildman–Crippen MR) is 85.8 cm³/mol. The summed E-state index contributed by atoms with van der Waals surface area (Å²) in [5.41, 5.74) is 3.12. The van der Waals surface area contributed by atoms with E-state index in [9.17, 15) is 9.59 Å². The summed E-state index contributed by atoms with van der Waals surface area (Å²) in [6.07, 6.45) is 1.48. The minimum atomic E-state index is -0.587. The first-order valence-corrected chi connectivity index (χ1v) is 7.14. The number of amides is 1. The van der Waals surface area contributed by atoms with E-state index in [4.69, 9.17) is 16.8 Å². The number of fused-ring (bicyclic) bond motifs is 1. The summed E-state index contributed by atoms with van der Waals surface area (Å²) < 4.78 is 1.47. The third-order valence-corrected chi connectivity index (χ3v) is 3.69. The van der Waals surface area contributed by atoms with Gasteiger partial charge in [-0.2, -0.15) is 0 Å². The van der Waals surface area contributed by atoms with E-state index in [2.05, 4.69) is 4.98 Å². The lowest BCUT2D eigenvalue weighted by Crippen LogP contribution is -2.21. The molecule has 2 N–H and O–H groups in total. The fourth-order valence-corrected chi connectivity index (χ4v) is 2.44. The molecule has 0 unspecified atom stereocenters. The van der Waals surface area contributed by atoms with Crippen LogP contribution in [-0.4, -0.2) is 20.7 Å². The van der Waals surface area contributed by atoms with Gasteiger partial charge in [-0.25, -0.2) is 10.5 Å². The Morgan fingerprint density at radius 1 is 1.22 bits per heavy atom. The lowest BCUT2D eigenvalue weighted by molar-refractivity contribution is 0.0706. The smallest absolute Gasteiger partial charge is 0.274 e. The van der Waals surface area contributed by atoms with Crippen molar-refractivity contribution in [1.29, 1.82) is 0 Å². The zero-order valence-corrected chi connectivity index (χ0v) is 12.6. The zero-order valence-electron chi connectivity index (χ0n) is 11.9. The van der Waals surface area contributed by atoms with Crippen LogP contribution in [0, 0.1) is 0 Å². The molecule has 7 heteroatoms. The van der Waals surface area contributed by atoms with E-state index in [1.54, 1.807) is 47.9 Å². The van der Waals surface area contributed by atoms with Gasteiger partial charge in [-0.15, -0.1) is 0 Å². The summed E-state index contributed by atoms with van der Waals surface area (Å²) in [5, 5.41) is 9.52. The van der Waals surface area contributed by atoms with E-state index in [-0.39, 0.29) is 5.56 Å². The molecule has 0 saturated heterocycles. The average molecular weight is 330 g/mol. The second-order valence-electron chi connectivity index (χ2n) is 4.98. The van der Waals surface area contributed by atoms with Gasteiger partial charge in [0, 0.05) is 10.6 Å². The number of halogens is 1. The molecular weight excluding hydrogens is 318 g/mol. The summed E-state index contributed by atoms with van der Waals surface area (Å²) >= 11 is 5.93. The Bertz CT molecular complexity index is 935. The highest BCUT2D eigenvalue weighted by Gasteiger charge is 2.07. The van der Waals surface area contributed by atoms with Crippen molar-refractivity contribution in [2.45, 2.75) is 6.54 Å². The third kappa shape index (κ3) is 3.08. The molecule has 6 nitrogen and oxygen atoms in total. The topological polar surface area (TPSA) is 84.2 Å². The first-order valence-electron chi connectivity index (χ1n) is 6.76.